The second-order valence-electron chi connectivity index (χ2n) is 11.9. The average molecular weight is 479 g/mol. The Morgan fingerprint density at radius 2 is 1.74 bits per heavy atom. The van der Waals surface area contributed by atoms with Crippen LogP contribution in [0.2, 0.25) is 5.02 Å². The van der Waals surface area contributed by atoms with Crippen LogP contribution in [-0.2, 0) is 13.1 Å². The zero-order valence-electron chi connectivity index (χ0n) is 20.0. The van der Waals surface area contributed by atoms with Gasteiger partial charge in [0.15, 0.2) is 0 Å². The zero-order chi connectivity index (χ0) is 23.6. The van der Waals surface area contributed by atoms with E-state index in [0.717, 1.165) is 28.4 Å². The Kier molecular flexibility index (Phi) is 5.16. The van der Waals surface area contributed by atoms with Crippen LogP contribution in [-0.4, -0.2) is 20.5 Å². The highest BCUT2D eigenvalue weighted by Gasteiger charge is 2.59. The number of benzene rings is 2. The van der Waals surface area contributed by atoms with Gasteiger partial charge in [0.2, 0.25) is 0 Å². The molecule has 4 aliphatic carbocycles. The predicted molar refractivity (Wildman–Crippen MR) is 133 cm³/mol. The van der Waals surface area contributed by atoms with Crippen molar-refractivity contribution in [2.24, 2.45) is 16.7 Å². The van der Waals surface area contributed by atoms with E-state index in [4.69, 9.17) is 21.8 Å². The Balaban J connectivity index is 1.29. The van der Waals surface area contributed by atoms with E-state index in [1.807, 2.05) is 18.2 Å². The van der Waals surface area contributed by atoms with E-state index in [1.54, 1.807) is 10.9 Å². The molecule has 34 heavy (non-hydrogen) atoms. The minimum atomic E-state index is -0.338. The average Bonchev–Trinajstić information content (AvgIpc) is 3.15. The first-order valence-corrected chi connectivity index (χ1v) is 12.8. The number of rotatable bonds is 6. The smallest absolute Gasteiger partial charge is 0.124 e. The fourth-order valence-corrected chi connectivity index (χ4v) is 8.34. The molecular formula is C28H32ClFN4. The van der Waals surface area contributed by atoms with Crippen molar-refractivity contribution in [2.75, 3.05) is 0 Å². The maximum Gasteiger partial charge on any atom is 0.124 e. The Hall–Kier alpha value is -2.24. The summed E-state index contributed by atoms with van der Waals surface area (Å²) in [5.74, 6) is 0.499. The number of hydrogen-bond donors (Lipinski definition) is 1. The normalized spacial score (nSPS) is 31.8. The molecule has 0 spiro atoms. The maximum atomic E-state index is 13.5. The molecule has 1 heterocycles. The molecule has 2 unspecified atom stereocenters. The number of hydrogen-bond acceptors (Lipinski definition) is 3. The van der Waals surface area contributed by atoms with Crippen LogP contribution < -0.4 is 5.32 Å². The molecule has 4 saturated carbocycles. The van der Waals surface area contributed by atoms with Gasteiger partial charge in [0.1, 0.15) is 17.2 Å². The van der Waals surface area contributed by atoms with Crippen LogP contribution in [0, 0.1) is 22.6 Å². The second-order valence-corrected chi connectivity index (χ2v) is 12.3. The van der Waals surface area contributed by atoms with E-state index < -0.39 is 0 Å². The summed E-state index contributed by atoms with van der Waals surface area (Å²) in [7, 11) is 0. The van der Waals surface area contributed by atoms with Gasteiger partial charge in [0, 0.05) is 22.7 Å². The molecular weight excluding hydrogens is 447 g/mol. The lowest BCUT2D eigenvalue weighted by molar-refractivity contribution is -0.118. The molecule has 0 saturated heterocycles. The number of nitrogens with zero attached hydrogens (tertiary/aromatic N) is 3. The molecule has 2 aromatic carbocycles. The molecule has 178 valence electrons. The van der Waals surface area contributed by atoms with E-state index in [-0.39, 0.29) is 11.4 Å². The fourth-order valence-electron chi connectivity index (χ4n) is 8.11. The summed E-state index contributed by atoms with van der Waals surface area (Å²) in [4.78, 5) is 1.70. The minimum Gasteiger partial charge on any atom is -0.305 e. The number of halogens is 2. The highest BCUT2D eigenvalue weighted by Crippen LogP contribution is 2.66. The standard InChI is InChI=1S/C28H32ClFN4/c1-26-11-19-12-27(2,16-26)18-28(13-19,17-26)31-14-24-25(20-6-4-3-5-7-20)33-34(32-24)15-21-8-9-22(30)10-23(21)29/h3-10,19,31H,11-18H2,1-2H3/t19?,26-,27+,28?. The van der Waals surface area contributed by atoms with Crippen LogP contribution in [0.25, 0.3) is 11.3 Å². The summed E-state index contributed by atoms with van der Waals surface area (Å²) in [6, 6.07) is 14.7. The summed E-state index contributed by atoms with van der Waals surface area (Å²) in [6.45, 7) is 6.11. The van der Waals surface area contributed by atoms with Crippen LogP contribution in [0.4, 0.5) is 4.39 Å². The first-order valence-electron chi connectivity index (χ1n) is 12.4. The quantitative estimate of drug-likeness (QED) is 0.432. The van der Waals surface area contributed by atoms with Crippen molar-refractivity contribution < 1.29 is 4.39 Å². The molecule has 4 nitrogen and oxygen atoms in total. The Morgan fingerprint density at radius 1 is 1.00 bits per heavy atom. The van der Waals surface area contributed by atoms with Crippen molar-refractivity contribution in [3.63, 3.8) is 0 Å². The lowest BCUT2D eigenvalue weighted by atomic mass is 9.43. The highest BCUT2D eigenvalue weighted by molar-refractivity contribution is 6.31. The van der Waals surface area contributed by atoms with E-state index in [1.165, 1.54) is 50.7 Å². The molecule has 1 N–H and O–H groups in total. The highest BCUT2D eigenvalue weighted by atomic mass is 35.5. The third-order valence-corrected chi connectivity index (χ3v) is 8.71. The van der Waals surface area contributed by atoms with Gasteiger partial charge in [-0.05, 0) is 73.0 Å². The van der Waals surface area contributed by atoms with Crippen molar-refractivity contribution >= 4 is 11.6 Å². The van der Waals surface area contributed by atoms with Gasteiger partial charge in [-0.25, -0.2) is 4.39 Å². The van der Waals surface area contributed by atoms with Gasteiger partial charge in [-0.1, -0.05) is 61.8 Å². The Bertz CT molecular complexity index is 1200. The van der Waals surface area contributed by atoms with E-state index in [2.05, 4.69) is 31.3 Å². The molecule has 4 bridgehead atoms. The molecule has 4 fully saturated rings. The molecule has 1 aromatic heterocycles. The summed E-state index contributed by atoms with van der Waals surface area (Å²) in [5.41, 5.74) is 4.82. The van der Waals surface area contributed by atoms with Gasteiger partial charge in [-0.2, -0.15) is 15.0 Å². The van der Waals surface area contributed by atoms with Crippen molar-refractivity contribution in [1.29, 1.82) is 0 Å². The Labute approximate surface area is 205 Å². The lowest BCUT2D eigenvalue weighted by Gasteiger charge is -2.65. The van der Waals surface area contributed by atoms with Gasteiger partial charge in [0.25, 0.3) is 0 Å². The summed E-state index contributed by atoms with van der Waals surface area (Å²) < 4.78 is 13.5. The van der Waals surface area contributed by atoms with Crippen LogP contribution >= 0.6 is 11.6 Å². The second kappa shape index (κ2) is 7.89. The van der Waals surface area contributed by atoms with Gasteiger partial charge < -0.3 is 5.32 Å². The fraction of sp³-hybridized carbons (Fsp3) is 0.500. The molecule has 4 aliphatic rings. The maximum absolute atomic E-state index is 13.5. The summed E-state index contributed by atoms with van der Waals surface area (Å²) in [6.07, 6.45) is 7.92. The third-order valence-electron chi connectivity index (χ3n) is 8.36. The molecule has 6 heteroatoms. The summed E-state index contributed by atoms with van der Waals surface area (Å²) in [5, 5.41) is 14.1. The van der Waals surface area contributed by atoms with Gasteiger partial charge >= 0.3 is 0 Å². The monoisotopic (exact) mass is 478 g/mol. The molecule has 7 rings (SSSR count). The van der Waals surface area contributed by atoms with Gasteiger partial charge in [-0.3, -0.25) is 0 Å². The third kappa shape index (κ3) is 4.07. The van der Waals surface area contributed by atoms with Crippen molar-refractivity contribution in [3.05, 3.63) is 70.6 Å². The van der Waals surface area contributed by atoms with Crippen LogP contribution in [0.1, 0.15) is 63.6 Å². The van der Waals surface area contributed by atoms with E-state index in [0.29, 0.717) is 28.9 Å². The largest absolute Gasteiger partial charge is 0.305 e. The molecule has 0 amide bonds. The first kappa shape index (κ1) is 22.2. The number of aromatic nitrogens is 3. The lowest BCUT2D eigenvalue weighted by Crippen LogP contribution is -2.63. The molecule has 4 atom stereocenters. The van der Waals surface area contributed by atoms with E-state index >= 15 is 0 Å². The van der Waals surface area contributed by atoms with Gasteiger partial charge in [0.05, 0.1) is 6.54 Å². The van der Waals surface area contributed by atoms with Crippen LogP contribution in [0.3, 0.4) is 0 Å². The van der Waals surface area contributed by atoms with Crippen molar-refractivity contribution in [2.45, 2.75) is 71.0 Å². The molecule has 0 aliphatic heterocycles. The van der Waals surface area contributed by atoms with Crippen molar-refractivity contribution in [3.8, 4) is 11.3 Å². The summed E-state index contributed by atoms with van der Waals surface area (Å²) >= 11 is 6.29. The molecule has 3 aromatic rings. The van der Waals surface area contributed by atoms with E-state index in [9.17, 15) is 4.39 Å². The minimum absolute atomic E-state index is 0.195. The van der Waals surface area contributed by atoms with Crippen LogP contribution in [0.5, 0.6) is 0 Å². The SMILES string of the molecule is C[C@]12CC3CC(NCc4nn(Cc5ccc(F)cc5Cl)nc4-c4ccccc4)(C1)C[C@@](C)(C3)C2. The first-order chi connectivity index (χ1) is 16.2. The van der Waals surface area contributed by atoms with Gasteiger partial charge in [-0.15, -0.1) is 0 Å². The number of nitrogens with one attached hydrogen (secondary N) is 1. The Morgan fingerprint density at radius 3 is 2.41 bits per heavy atom. The van der Waals surface area contributed by atoms with Crippen molar-refractivity contribution in [1.82, 2.24) is 20.3 Å². The predicted octanol–water partition coefficient (Wildman–Crippen LogP) is 6.62. The zero-order valence-corrected chi connectivity index (χ0v) is 20.7. The van der Waals surface area contributed by atoms with Crippen LogP contribution in [0.15, 0.2) is 48.5 Å². The molecule has 0 radical (unpaired) electrons. The topological polar surface area (TPSA) is 42.7 Å².